The van der Waals surface area contributed by atoms with Gasteiger partial charge in [0.25, 0.3) is 0 Å². The lowest BCUT2D eigenvalue weighted by Crippen LogP contribution is -2.26. The molecular formula is C25H30N6O3. The van der Waals surface area contributed by atoms with Crippen LogP contribution >= 0.6 is 0 Å². The second-order valence-corrected chi connectivity index (χ2v) is 9.97. The molecule has 0 radical (unpaired) electrons. The number of hydrogen-bond donors (Lipinski definition) is 0. The summed E-state index contributed by atoms with van der Waals surface area (Å²) in [6.07, 6.45) is 1.64. The molecule has 0 amide bonds. The van der Waals surface area contributed by atoms with Crippen LogP contribution in [0.3, 0.4) is 0 Å². The van der Waals surface area contributed by atoms with E-state index >= 15 is 0 Å². The molecule has 0 saturated carbocycles. The van der Waals surface area contributed by atoms with Gasteiger partial charge in [0.1, 0.15) is 23.5 Å². The molecule has 9 heteroatoms. The van der Waals surface area contributed by atoms with Crippen LogP contribution in [-0.2, 0) is 13.7 Å². The van der Waals surface area contributed by atoms with Crippen molar-refractivity contribution in [3.05, 3.63) is 48.2 Å². The molecule has 4 rings (SSSR count). The van der Waals surface area contributed by atoms with Gasteiger partial charge in [-0.2, -0.15) is 4.98 Å². The van der Waals surface area contributed by atoms with Crippen LogP contribution in [0.25, 0.3) is 22.3 Å². The fourth-order valence-corrected chi connectivity index (χ4v) is 3.20. The van der Waals surface area contributed by atoms with Gasteiger partial charge in [0, 0.05) is 13.2 Å². The van der Waals surface area contributed by atoms with E-state index in [1.807, 2.05) is 85.0 Å². The van der Waals surface area contributed by atoms with Crippen molar-refractivity contribution in [1.29, 1.82) is 0 Å². The molecule has 9 nitrogen and oxygen atoms in total. The Kier molecular flexibility index (Phi) is 6.12. The lowest BCUT2D eigenvalue weighted by Gasteiger charge is -2.24. The molecule has 0 spiro atoms. The van der Waals surface area contributed by atoms with Gasteiger partial charge in [-0.15, -0.1) is 15.3 Å². The van der Waals surface area contributed by atoms with Crippen LogP contribution in [-0.4, -0.2) is 41.1 Å². The second-order valence-electron chi connectivity index (χ2n) is 9.97. The number of aryl methyl sites for hydroxylation is 1. The maximum absolute atomic E-state index is 6.14. The third-order valence-electron chi connectivity index (χ3n) is 4.58. The zero-order valence-corrected chi connectivity index (χ0v) is 20.7. The molecule has 0 aliphatic rings. The van der Waals surface area contributed by atoms with E-state index in [1.165, 1.54) is 0 Å². The van der Waals surface area contributed by atoms with E-state index in [4.69, 9.17) is 14.2 Å². The predicted octanol–water partition coefficient (Wildman–Crippen LogP) is 4.75. The van der Waals surface area contributed by atoms with Crippen LogP contribution in [0.4, 0.5) is 0 Å². The molecule has 0 N–H and O–H groups in total. The Balaban J connectivity index is 1.73. The highest BCUT2D eigenvalue weighted by Crippen LogP contribution is 2.33. The minimum absolute atomic E-state index is 0.234. The van der Waals surface area contributed by atoms with Crippen LogP contribution < -0.4 is 14.2 Å². The Morgan fingerprint density at radius 3 is 2.26 bits per heavy atom. The Morgan fingerprint density at radius 1 is 0.882 bits per heavy atom. The summed E-state index contributed by atoms with van der Waals surface area (Å²) in [5.41, 5.74) is 1.87. The van der Waals surface area contributed by atoms with Crippen molar-refractivity contribution in [2.45, 2.75) is 59.4 Å². The molecule has 0 aliphatic heterocycles. The Hall–Kier alpha value is -3.75. The molecule has 0 atom stereocenters. The third-order valence-corrected chi connectivity index (χ3v) is 4.58. The maximum atomic E-state index is 6.14. The van der Waals surface area contributed by atoms with E-state index in [1.54, 1.807) is 10.9 Å². The molecule has 0 unspecified atom stereocenters. The lowest BCUT2D eigenvalue weighted by atomic mass is 10.1. The number of ether oxygens (including phenoxy) is 3. The van der Waals surface area contributed by atoms with E-state index in [9.17, 15) is 0 Å². The van der Waals surface area contributed by atoms with Gasteiger partial charge in [-0.1, -0.05) is 30.3 Å². The molecule has 1 aromatic carbocycles. The smallest absolute Gasteiger partial charge is 0.320 e. The van der Waals surface area contributed by atoms with E-state index in [2.05, 4.69) is 25.3 Å². The van der Waals surface area contributed by atoms with Crippen molar-refractivity contribution in [3.8, 4) is 29.0 Å². The summed E-state index contributed by atoms with van der Waals surface area (Å²) < 4.78 is 19.7. The van der Waals surface area contributed by atoms with Gasteiger partial charge in [-0.05, 0) is 53.2 Å². The third kappa shape index (κ3) is 5.59. The van der Waals surface area contributed by atoms with E-state index in [0.29, 0.717) is 35.3 Å². The first-order valence-corrected chi connectivity index (χ1v) is 11.1. The summed E-state index contributed by atoms with van der Waals surface area (Å²) in [5.74, 6) is 0.843. The molecular weight excluding hydrogens is 432 g/mol. The molecule has 178 valence electrons. The van der Waals surface area contributed by atoms with Gasteiger partial charge in [0.15, 0.2) is 5.65 Å². The zero-order valence-electron chi connectivity index (χ0n) is 20.7. The predicted molar refractivity (Wildman–Crippen MR) is 129 cm³/mol. The van der Waals surface area contributed by atoms with Gasteiger partial charge >= 0.3 is 6.01 Å². The zero-order chi connectivity index (χ0) is 24.5. The quantitative estimate of drug-likeness (QED) is 0.405. The van der Waals surface area contributed by atoms with Crippen LogP contribution in [0.2, 0.25) is 0 Å². The van der Waals surface area contributed by atoms with Crippen molar-refractivity contribution >= 4 is 11.0 Å². The minimum atomic E-state index is -0.488. The minimum Gasteiger partial charge on any atom is -0.471 e. The number of fused-ring (bicyclic) bond motifs is 1. The largest absolute Gasteiger partial charge is 0.471 e. The average molecular weight is 463 g/mol. The van der Waals surface area contributed by atoms with Crippen LogP contribution in [0.15, 0.2) is 42.6 Å². The first kappa shape index (κ1) is 23.4. The first-order valence-electron chi connectivity index (χ1n) is 11.1. The van der Waals surface area contributed by atoms with Crippen molar-refractivity contribution in [2.75, 3.05) is 0 Å². The van der Waals surface area contributed by atoms with Crippen molar-refractivity contribution in [2.24, 2.45) is 7.05 Å². The Bertz CT molecular complexity index is 1290. The maximum Gasteiger partial charge on any atom is 0.320 e. The van der Waals surface area contributed by atoms with E-state index in [0.717, 1.165) is 10.9 Å². The molecule has 34 heavy (non-hydrogen) atoms. The average Bonchev–Trinajstić information content (AvgIpc) is 3.06. The molecule has 0 saturated heterocycles. The van der Waals surface area contributed by atoms with Gasteiger partial charge in [-0.25, -0.2) is 9.67 Å². The molecule has 0 fully saturated rings. The summed E-state index contributed by atoms with van der Waals surface area (Å²) in [6, 6.07) is 12.0. The molecule has 0 bridgehead atoms. The van der Waals surface area contributed by atoms with E-state index < -0.39 is 11.2 Å². The molecule has 3 heterocycles. The highest BCUT2D eigenvalue weighted by atomic mass is 16.5. The SMILES string of the molecule is Cn1nc(OCc2ccccc2)c2cc(-c3cnc(OC(C)(C)C)nc3OC(C)(C)C)nnc21. The van der Waals surface area contributed by atoms with Gasteiger partial charge in [-0.3, -0.25) is 0 Å². The summed E-state index contributed by atoms with van der Waals surface area (Å²) in [6.45, 7) is 12.1. The lowest BCUT2D eigenvalue weighted by molar-refractivity contribution is 0.103. The number of aromatic nitrogens is 6. The molecule has 3 aromatic heterocycles. The van der Waals surface area contributed by atoms with Gasteiger partial charge in [0.2, 0.25) is 11.8 Å². The number of benzene rings is 1. The Labute approximate surface area is 199 Å². The van der Waals surface area contributed by atoms with Crippen molar-refractivity contribution in [3.63, 3.8) is 0 Å². The molecule has 4 aromatic rings. The van der Waals surface area contributed by atoms with E-state index in [-0.39, 0.29) is 6.01 Å². The fourth-order valence-electron chi connectivity index (χ4n) is 3.20. The van der Waals surface area contributed by atoms with Crippen LogP contribution in [0.5, 0.6) is 17.8 Å². The summed E-state index contributed by atoms with van der Waals surface area (Å²) in [4.78, 5) is 8.91. The number of hydrogen-bond acceptors (Lipinski definition) is 8. The number of nitrogens with zero attached hydrogens (tertiary/aromatic N) is 6. The summed E-state index contributed by atoms with van der Waals surface area (Å²) >= 11 is 0. The van der Waals surface area contributed by atoms with Crippen molar-refractivity contribution in [1.82, 2.24) is 29.9 Å². The second kappa shape index (κ2) is 8.89. The Morgan fingerprint density at radius 2 is 1.59 bits per heavy atom. The highest BCUT2D eigenvalue weighted by molar-refractivity contribution is 5.84. The van der Waals surface area contributed by atoms with Crippen LogP contribution in [0, 0.1) is 0 Å². The number of rotatable bonds is 6. The highest BCUT2D eigenvalue weighted by Gasteiger charge is 2.23. The summed E-state index contributed by atoms with van der Waals surface area (Å²) in [7, 11) is 1.81. The van der Waals surface area contributed by atoms with Gasteiger partial charge < -0.3 is 14.2 Å². The topological polar surface area (TPSA) is 97.1 Å². The van der Waals surface area contributed by atoms with Gasteiger partial charge in [0.05, 0.1) is 10.9 Å². The monoisotopic (exact) mass is 462 g/mol. The summed E-state index contributed by atoms with van der Waals surface area (Å²) in [5, 5.41) is 14.0. The molecule has 0 aliphatic carbocycles. The normalized spacial score (nSPS) is 12.1. The van der Waals surface area contributed by atoms with Crippen LogP contribution in [0.1, 0.15) is 47.1 Å². The first-order chi connectivity index (χ1) is 16.0. The van der Waals surface area contributed by atoms with Crippen molar-refractivity contribution < 1.29 is 14.2 Å². The fraction of sp³-hybridized carbons (Fsp3) is 0.400. The standard InChI is InChI=1S/C25H30N6O3/c1-24(2,3)33-21-18(14-26-23(27-21)34-25(4,5)6)19-13-17-20(29-28-19)31(7)30-22(17)32-15-16-11-9-8-10-12-16/h8-14H,15H2,1-7H3.